The number of thioether (sulfide) groups is 2. The second kappa shape index (κ2) is 7.55. The Balaban J connectivity index is 1.27. The van der Waals surface area contributed by atoms with Crippen LogP contribution in [0.1, 0.15) is 20.7 Å². The van der Waals surface area contributed by atoms with Gasteiger partial charge >= 0.3 is 0 Å². The molecule has 4 aromatic carbocycles. The summed E-state index contributed by atoms with van der Waals surface area (Å²) in [6, 6.07) is 27.6. The number of thiocarbonyl (C=S) groups is 1. The Bertz CT molecular complexity index is 1760. The molecule has 0 bridgehead atoms. The molecular weight excluding hydrogens is 452 g/mol. The molecule has 0 atom stereocenters. The Morgan fingerprint density at radius 2 is 0.875 bits per heavy atom. The lowest BCUT2D eigenvalue weighted by molar-refractivity contribution is 0.108. The van der Waals surface area contributed by atoms with Crippen molar-refractivity contribution in [3.63, 3.8) is 0 Å². The molecular formula is C27H14O2S3. The maximum absolute atomic E-state index is 13.0. The van der Waals surface area contributed by atoms with Crippen molar-refractivity contribution in [1.29, 1.82) is 0 Å². The van der Waals surface area contributed by atoms with Gasteiger partial charge in [0.05, 0.1) is 0 Å². The zero-order valence-electron chi connectivity index (χ0n) is 16.6. The molecule has 0 saturated carbocycles. The molecule has 2 aliphatic carbocycles. The molecule has 152 valence electrons. The van der Waals surface area contributed by atoms with E-state index in [9.17, 15) is 9.59 Å². The van der Waals surface area contributed by atoms with Crippen molar-refractivity contribution in [2.45, 2.75) is 0 Å². The van der Waals surface area contributed by atoms with Gasteiger partial charge in [0.25, 0.3) is 0 Å². The monoisotopic (exact) mass is 466 g/mol. The van der Waals surface area contributed by atoms with E-state index in [1.165, 1.54) is 0 Å². The molecule has 0 amide bonds. The molecule has 0 spiro atoms. The van der Waals surface area contributed by atoms with Gasteiger partial charge in [0.15, 0.2) is 0 Å². The second-order valence-corrected chi connectivity index (χ2v) is 10.7. The van der Waals surface area contributed by atoms with E-state index in [-0.39, 0.29) is 10.2 Å². The summed E-state index contributed by atoms with van der Waals surface area (Å²) in [5, 5.41) is 8.36. The fourth-order valence-corrected chi connectivity index (χ4v) is 6.44. The van der Waals surface area contributed by atoms with Gasteiger partial charge in [0.2, 0.25) is 10.2 Å². The van der Waals surface area contributed by atoms with Crippen LogP contribution >= 0.6 is 35.7 Å². The maximum atomic E-state index is 13.0. The smallest absolute Gasteiger partial charge is 0.226 e. The fraction of sp³-hybridized carbons (Fsp3) is 0. The van der Waals surface area contributed by atoms with Crippen molar-refractivity contribution in [3.05, 3.63) is 138 Å². The van der Waals surface area contributed by atoms with Crippen molar-refractivity contribution < 1.29 is 9.59 Å². The van der Waals surface area contributed by atoms with Crippen LogP contribution in [0.3, 0.4) is 0 Å². The van der Waals surface area contributed by atoms with E-state index in [0.29, 0.717) is 14.7 Å². The molecule has 0 heterocycles. The van der Waals surface area contributed by atoms with Crippen molar-refractivity contribution in [3.8, 4) is 0 Å². The molecule has 4 aromatic rings. The number of hydrogen-bond acceptors (Lipinski definition) is 5. The van der Waals surface area contributed by atoms with Gasteiger partial charge in [-0.2, -0.15) is 0 Å². The highest BCUT2D eigenvalue weighted by Crippen LogP contribution is 2.28. The minimum Gasteiger partial charge on any atom is -0.281 e. The van der Waals surface area contributed by atoms with E-state index in [1.807, 2.05) is 72.8 Å². The fourth-order valence-electron chi connectivity index (χ4n) is 4.50. The SMILES string of the molecule is O=C(SC(=S)SC(=O)c1cccc2c1=c1ccccc1=2)c1cccc2c1=c1ccccc1=2. The topological polar surface area (TPSA) is 34.1 Å². The third-order valence-corrected chi connectivity index (χ3v) is 8.04. The molecule has 0 saturated heterocycles. The normalized spacial score (nSPS) is 11.8. The Kier molecular flexibility index (Phi) is 4.65. The summed E-state index contributed by atoms with van der Waals surface area (Å²) in [7, 11) is 0. The largest absolute Gasteiger partial charge is 0.281 e. The van der Waals surface area contributed by atoms with Crippen LogP contribution in [-0.4, -0.2) is 13.8 Å². The van der Waals surface area contributed by atoms with E-state index >= 15 is 0 Å². The van der Waals surface area contributed by atoms with E-state index in [0.717, 1.165) is 65.3 Å². The summed E-state index contributed by atoms with van der Waals surface area (Å²) >= 11 is 7.35. The van der Waals surface area contributed by atoms with Gasteiger partial charge in [0, 0.05) is 21.6 Å². The van der Waals surface area contributed by atoms with Crippen LogP contribution in [-0.2, 0) is 0 Å². The number of hydrogen-bond donors (Lipinski definition) is 0. The predicted molar refractivity (Wildman–Crippen MR) is 133 cm³/mol. The highest BCUT2D eigenvalue weighted by molar-refractivity contribution is 8.56. The first-order valence-corrected chi connectivity index (χ1v) is 12.1. The molecule has 2 nitrogen and oxygen atoms in total. The summed E-state index contributed by atoms with van der Waals surface area (Å²) in [5.41, 5.74) is 1.28. The third-order valence-electron chi connectivity index (χ3n) is 5.89. The molecule has 6 rings (SSSR count). The molecule has 2 aliphatic rings. The average molecular weight is 467 g/mol. The van der Waals surface area contributed by atoms with E-state index in [1.54, 1.807) is 0 Å². The Morgan fingerprint density at radius 1 is 0.500 bits per heavy atom. The van der Waals surface area contributed by atoms with Crippen LogP contribution in [0.5, 0.6) is 0 Å². The number of benzene rings is 4. The molecule has 0 radical (unpaired) electrons. The van der Waals surface area contributed by atoms with Crippen LogP contribution < -0.4 is 0 Å². The van der Waals surface area contributed by atoms with E-state index in [4.69, 9.17) is 12.2 Å². The third kappa shape index (κ3) is 2.93. The Labute approximate surface area is 196 Å². The average Bonchev–Trinajstić information content (AvgIpc) is 2.79. The minimum atomic E-state index is -0.131. The highest BCUT2D eigenvalue weighted by Gasteiger charge is 2.20. The van der Waals surface area contributed by atoms with Gasteiger partial charge in [-0.05, 0) is 67.0 Å². The lowest BCUT2D eigenvalue weighted by atomic mass is 9.98. The zero-order valence-corrected chi connectivity index (χ0v) is 19.1. The van der Waals surface area contributed by atoms with Crippen molar-refractivity contribution in [2.24, 2.45) is 0 Å². The second-order valence-electron chi connectivity index (χ2n) is 7.58. The van der Waals surface area contributed by atoms with E-state index < -0.39 is 0 Å². The number of carbonyl (C=O) groups excluding carboxylic acids is 2. The highest BCUT2D eigenvalue weighted by atomic mass is 32.2. The lowest BCUT2D eigenvalue weighted by Crippen LogP contribution is -2.06. The first-order valence-electron chi connectivity index (χ1n) is 10.1. The van der Waals surface area contributed by atoms with Gasteiger partial charge < -0.3 is 0 Å². The summed E-state index contributed by atoms with van der Waals surface area (Å²) < 4.78 is 0.315. The molecule has 0 fully saturated rings. The van der Waals surface area contributed by atoms with E-state index in [2.05, 4.69) is 12.1 Å². The summed E-state index contributed by atoms with van der Waals surface area (Å²) in [6.07, 6.45) is 0. The molecule has 5 heteroatoms. The molecule has 0 aromatic heterocycles. The van der Waals surface area contributed by atoms with Crippen molar-refractivity contribution in [1.82, 2.24) is 0 Å². The summed E-state index contributed by atoms with van der Waals surface area (Å²) in [6.45, 7) is 0. The van der Waals surface area contributed by atoms with Crippen LogP contribution in [0.2, 0.25) is 0 Å². The zero-order chi connectivity index (χ0) is 21.8. The maximum Gasteiger partial charge on any atom is 0.226 e. The summed E-state index contributed by atoms with van der Waals surface area (Å²) in [5.74, 6) is 0. The van der Waals surface area contributed by atoms with Crippen LogP contribution in [0.25, 0.3) is 0 Å². The first kappa shape index (κ1) is 19.7. The van der Waals surface area contributed by atoms with Crippen molar-refractivity contribution in [2.75, 3.05) is 0 Å². The molecule has 0 aliphatic heterocycles. The van der Waals surface area contributed by atoms with Gasteiger partial charge in [-0.3, -0.25) is 9.59 Å². The molecule has 0 N–H and O–H groups in total. The Hall–Kier alpha value is -2.99. The number of fused-ring (bicyclic) bond motifs is 4. The van der Waals surface area contributed by atoms with Gasteiger partial charge in [-0.15, -0.1) is 0 Å². The Morgan fingerprint density at radius 3 is 1.31 bits per heavy atom. The summed E-state index contributed by atoms with van der Waals surface area (Å²) in [4.78, 5) is 26.1. The lowest BCUT2D eigenvalue weighted by Gasteiger charge is -2.10. The standard InChI is InChI=1S/C27H14O2S3/c28-25(21-13-5-11-19-15-7-1-3-9-17(15)23(19)21)31-27(30)32-26(29)22-14-6-12-20-16-8-2-4-10-18(16)24(20)22/h1-14H. The van der Waals surface area contributed by atoms with Gasteiger partial charge in [0.1, 0.15) is 3.53 Å². The van der Waals surface area contributed by atoms with Crippen LogP contribution in [0.4, 0.5) is 0 Å². The molecule has 32 heavy (non-hydrogen) atoms. The first-order chi connectivity index (χ1) is 15.6. The predicted octanol–water partition coefficient (Wildman–Crippen LogP) is 6.19. The van der Waals surface area contributed by atoms with Gasteiger partial charge in [-0.1, -0.05) is 85.0 Å². The number of carbonyl (C=O) groups is 2. The number of rotatable bonds is 2. The van der Waals surface area contributed by atoms with Gasteiger partial charge in [-0.25, -0.2) is 0 Å². The van der Waals surface area contributed by atoms with Crippen LogP contribution in [0, 0.1) is 41.7 Å². The van der Waals surface area contributed by atoms with Crippen molar-refractivity contribution >= 4 is 49.5 Å². The van der Waals surface area contributed by atoms with Crippen LogP contribution in [0.15, 0.2) is 84.9 Å². The molecule has 0 unspecified atom stereocenters. The quantitative estimate of drug-likeness (QED) is 0.284. The minimum absolute atomic E-state index is 0.131.